The second kappa shape index (κ2) is 60.1. The van der Waals surface area contributed by atoms with Gasteiger partial charge in [0.2, 0.25) is 0 Å². The van der Waals surface area contributed by atoms with Crippen molar-refractivity contribution < 1.29 is 133 Å². The molecule has 0 saturated carbocycles. The molecule has 0 radical (unpaired) electrons. The summed E-state index contributed by atoms with van der Waals surface area (Å²) in [5, 5.41) is 61.9. The Balaban J connectivity index is 0.000000757. The van der Waals surface area contributed by atoms with Crippen LogP contribution in [0.5, 0.6) is 28.7 Å². The molecule has 0 bridgehead atoms. The van der Waals surface area contributed by atoms with Gasteiger partial charge < -0.3 is 50.0 Å². The number of phenolic OH excluding ortho intramolecular Hbond substituents is 5. The molecule has 0 aliphatic carbocycles. The fraction of sp³-hybridized carbons (Fsp3) is 0.341. The van der Waals surface area contributed by atoms with Gasteiger partial charge in [-0.05, 0) is 217 Å². The molecule has 126 heavy (non-hydrogen) atoms. The van der Waals surface area contributed by atoms with Crippen LogP contribution in [-0.2, 0) is 107 Å². The number of phenols is 5. The van der Waals surface area contributed by atoms with Gasteiger partial charge in [0.25, 0.3) is 0 Å². The van der Waals surface area contributed by atoms with E-state index in [0.29, 0.717) is 40.2 Å². The Labute approximate surface area is 840 Å². The number of rotatable bonds is 15. The van der Waals surface area contributed by atoms with Gasteiger partial charge in [-0.3, -0.25) is 0 Å². The molecule has 0 spiro atoms. The van der Waals surface area contributed by atoms with Gasteiger partial charge in [-0.2, -0.15) is 0 Å². The van der Waals surface area contributed by atoms with Gasteiger partial charge >= 0.3 is 178 Å². The summed E-state index contributed by atoms with van der Waals surface area (Å²) in [4.78, 5) is 9.51. The summed E-state index contributed by atoms with van der Waals surface area (Å²) in [6, 6.07) is 46.0. The van der Waals surface area contributed by atoms with Gasteiger partial charge in [0.05, 0.1) is 0 Å². The van der Waals surface area contributed by atoms with Crippen LogP contribution in [-0.4, -0.2) is 96.0 Å². The van der Waals surface area contributed by atoms with Crippen LogP contribution in [0, 0.1) is 63.7 Å². The molecule has 0 amide bonds. The number of anilines is 5. The minimum atomic E-state index is -0.556. The zero-order chi connectivity index (χ0) is 97.0. The molecule has 10 nitrogen and oxygen atoms in total. The Hall–Kier alpha value is -1.53. The maximum absolute atomic E-state index is 13.7. The molecule has 10 aromatic rings. The average molecular weight is 2200 g/mol. The van der Waals surface area contributed by atoms with E-state index in [0.717, 1.165) is 120 Å². The van der Waals surface area contributed by atoms with Crippen molar-refractivity contribution in [3.05, 3.63) is 237 Å². The number of benzene rings is 10. The van der Waals surface area contributed by atoms with Crippen LogP contribution < -0.4 is 77.5 Å². The first kappa shape index (κ1) is 122. The molecular weight excluding hydrogens is 2090 g/mol. The molecule has 0 aliphatic heterocycles. The zero-order valence-corrected chi connectivity index (χ0v) is 96.5. The third-order valence-corrected chi connectivity index (χ3v) is 24.9. The summed E-state index contributed by atoms with van der Waals surface area (Å²) in [5.74, 6) is 0.458. The van der Waals surface area contributed by atoms with E-state index in [2.05, 4.69) is 101 Å². The van der Waals surface area contributed by atoms with Crippen molar-refractivity contribution >= 4 is 217 Å². The van der Waals surface area contributed by atoms with E-state index in [-0.39, 0.29) is 82.2 Å². The van der Waals surface area contributed by atoms with Gasteiger partial charge in [0.15, 0.2) is 0 Å². The molecule has 10 aromatic carbocycles. The second-order valence-electron chi connectivity index (χ2n) is 33.6. The number of hydrogen-bond acceptors (Lipinski definition) is 10. The van der Waals surface area contributed by atoms with Crippen molar-refractivity contribution in [1.82, 2.24) is 0 Å². The monoisotopic (exact) mass is 2200 g/mol. The summed E-state index contributed by atoms with van der Waals surface area (Å²) >= 11 is -2.78. The van der Waals surface area contributed by atoms with Crippen molar-refractivity contribution in [2.75, 3.05) is 95.0 Å². The van der Waals surface area contributed by atoms with E-state index < -0.39 is 85.2 Å². The van der Waals surface area contributed by atoms with Crippen LogP contribution in [0.4, 0.5) is 50.4 Å². The standard InChI is InChI=1S/C22H31FNOP.2C19H25FNOP.C16H19FNOP.C15H17FNOP.10ClH.5Ti/c1-21(2,3)14-11-16(22(4,5)6)20(25)19(12-14)26-18-10-9-15(23)13-17(18)24(7)8;1-12-9-13(19(2,3)4)10-17(18(12)22)23-16-8-7-14(20)11-15(16)21(5)6;1-12-9-14(19(2,3)4)18(22)17(10-12)23-16-8-7-13(20)11-15(16)21(5)6;1-10-7-11(2)16(19)15(8-10)20-14-6-5-12(17)9-13(14)18(3)4;1-10-4-6-13(18)15(8-10)19-14-7-5-11(16)9-12(14)17(2)3;;;;;;;;;;;;;;;/h9-13,25-26H,1-8H3;2*7-11,22-23H,1-6H3;5-9,19-20H,1-4H3;4-9,18-19H,1-3H3;10*1H;;;;;/q;;;;;;;;;;;;;;;5*+2/p-10. The van der Waals surface area contributed by atoms with E-state index >= 15 is 0 Å². The topological polar surface area (TPSA) is 117 Å². The first-order chi connectivity index (χ1) is 58.4. The molecular formula is C91H117Cl10F5N5O5P5Ti5. The normalized spacial score (nSPS) is 11.1. The number of aromatic hydroxyl groups is 5. The Kier molecular flexibility index (Phi) is 58.5. The van der Waals surface area contributed by atoms with E-state index in [1.54, 1.807) is 36.4 Å². The quantitative estimate of drug-likeness (QED) is 0.0386. The molecule has 35 heteroatoms. The van der Waals surface area contributed by atoms with Crippen molar-refractivity contribution in [3.63, 3.8) is 0 Å². The third kappa shape index (κ3) is 43.2. The van der Waals surface area contributed by atoms with Crippen LogP contribution in [0.2, 0.25) is 0 Å². The number of hydrogen-bond donors (Lipinski definition) is 5. The van der Waals surface area contributed by atoms with E-state index in [1.165, 1.54) is 53.6 Å². The number of nitrogens with zero attached hydrogens (tertiary/aromatic N) is 5. The van der Waals surface area contributed by atoms with Crippen molar-refractivity contribution in [2.24, 2.45) is 0 Å². The summed E-state index contributed by atoms with van der Waals surface area (Å²) in [5.41, 5.74) is 13.4. The Morgan fingerprint density at radius 3 is 0.738 bits per heavy atom. The van der Waals surface area contributed by atoms with Gasteiger partial charge in [-0.25, -0.2) is 22.0 Å². The van der Waals surface area contributed by atoms with Crippen LogP contribution in [0.25, 0.3) is 0 Å². The summed E-state index contributed by atoms with van der Waals surface area (Å²) < 4.78 is 67.5. The molecule has 5 atom stereocenters. The van der Waals surface area contributed by atoms with Crippen molar-refractivity contribution in [3.8, 4) is 28.7 Å². The summed E-state index contributed by atoms with van der Waals surface area (Å²) in [6.07, 6.45) is 0. The molecule has 0 aromatic heterocycles. The fourth-order valence-corrected chi connectivity index (χ4v) is 19.0. The van der Waals surface area contributed by atoms with Gasteiger partial charge in [-0.15, -0.1) is 0 Å². The zero-order valence-electron chi connectivity index (χ0n) is 76.2. The van der Waals surface area contributed by atoms with Crippen LogP contribution >= 0.6 is 136 Å². The molecule has 0 fully saturated rings. The molecule has 0 heterocycles. The van der Waals surface area contributed by atoms with Gasteiger partial charge in [0, 0.05) is 163 Å². The number of aryl methyl sites for hydroxylation is 5. The van der Waals surface area contributed by atoms with E-state index in [1.807, 2.05) is 190 Å². The molecule has 0 saturated heterocycles. The average Bonchev–Trinajstić information content (AvgIpc) is 0.755. The van der Waals surface area contributed by atoms with Crippen LogP contribution in [0.1, 0.15) is 133 Å². The third-order valence-electron chi connectivity index (χ3n) is 18.2. The van der Waals surface area contributed by atoms with Gasteiger partial charge in [-0.1, -0.05) is 162 Å². The summed E-state index contributed by atoms with van der Waals surface area (Å²) in [6.45, 7) is 35.5. The van der Waals surface area contributed by atoms with Crippen molar-refractivity contribution in [2.45, 2.75) is 139 Å². The van der Waals surface area contributed by atoms with Crippen LogP contribution in [0.15, 0.2) is 158 Å². The molecule has 10 rings (SSSR count). The SMILES string of the molecule is CN(C)c1cc(F)ccc1Pc1cc(C(C)(C)C)cc(C(C)(C)C)c1O.Cc1cc(C(C)(C)C)cc(Pc2ccc(F)cc2N(C)C)c1O.Cc1cc(C)c(O)c(Pc2ccc(F)cc2N(C)C)c1.Cc1cc(Pc2ccc(F)cc2N(C)C)c(O)c(C(C)(C)C)c1.Cc1ccc(O)c(Pc2ccc(F)cc2N(C)C)c1.[Cl][Ti][Cl].[Cl][Ti][Cl].[Cl][Ti][Cl].[Cl][Ti][Cl].[Cl][Ti][Cl]. The fourth-order valence-electron chi connectivity index (χ4n) is 11.9. The predicted molar refractivity (Wildman–Crippen MR) is 539 cm³/mol. The minimum absolute atomic E-state index is 0.0138. The maximum atomic E-state index is 13.7. The molecule has 686 valence electrons. The Bertz CT molecular complexity index is 4990. The van der Waals surface area contributed by atoms with E-state index in [4.69, 9.17) is 93.0 Å². The summed E-state index contributed by atoms with van der Waals surface area (Å²) in [7, 11) is 69.3. The second-order valence-corrected chi connectivity index (χ2v) is 53.1. The predicted octanol–water partition coefficient (Wildman–Crippen LogP) is 24.7. The van der Waals surface area contributed by atoms with Crippen LogP contribution in [0.3, 0.4) is 0 Å². The molecule has 5 N–H and O–H groups in total. The first-order valence-electron chi connectivity index (χ1n) is 38.6. The Morgan fingerprint density at radius 1 is 0.246 bits per heavy atom. The van der Waals surface area contributed by atoms with Gasteiger partial charge in [0.1, 0.15) is 57.8 Å². The molecule has 5 unspecified atom stereocenters. The van der Waals surface area contributed by atoms with E-state index in [9.17, 15) is 47.5 Å². The number of halogens is 15. The first-order valence-corrected chi connectivity index (χ1v) is 65.1. The molecule has 0 aliphatic rings. The van der Waals surface area contributed by atoms with Crippen molar-refractivity contribution in [1.29, 1.82) is 0 Å². The Morgan fingerprint density at radius 2 is 0.468 bits per heavy atom.